The Morgan fingerprint density at radius 2 is 1.91 bits per heavy atom. The van der Waals surface area contributed by atoms with Crippen LogP contribution in [0, 0.1) is 0 Å². The minimum atomic E-state index is -1.03. The number of carbonyl (C=O) groups excluding carboxylic acids is 1. The first-order chi connectivity index (χ1) is 11.1. The van der Waals surface area contributed by atoms with Gasteiger partial charge < -0.3 is 15.2 Å². The zero-order valence-corrected chi connectivity index (χ0v) is 13.7. The molecule has 2 aromatic carbocycles. The van der Waals surface area contributed by atoms with Crippen LogP contribution in [-0.4, -0.2) is 35.1 Å². The maximum atomic E-state index is 12.0. The Kier molecular flexibility index (Phi) is 6.29. The summed E-state index contributed by atoms with van der Waals surface area (Å²) in [6.07, 6.45) is 1.04. The second-order valence-electron chi connectivity index (χ2n) is 4.94. The Morgan fingerprint density at radius 1 is 1.17 bits per heavy atom. The highest BCUT2D eigenvalue weighted by Gasteiger charge is 2.10. The van der Waals surface area contributed by atoms with Gasteiger partial charge in [-0.05, 0) is 24.3 Å². The minimum absolute atomic E-state index is 0.0483. The van der Waals surface area contributed by atoms with E-state index in [4.69, 9.17) is 9.84 Å². The maximum absolute atomic E-state index is 12.0. The second kappa shape index (κ2) is 8.43. The molecular weight excluding hydrogens is 314 g/mol. The number of hydrogen-bond acceptors (Lipinski definition) is 4. The molecule has 0 saturated carbocycles. The van der Waals surface area contributed by atoms with Crippen molar-refractivity contribution in [2.75, 3.05) is 23.4 Å². The van der Waals surface area contributed by atoms with Gasteiger partial charge in [0.1, 0.15) is 5.75 Å². The number of anilines is 1. The molecule has 1 amide bonds. The van der Waals surface area contributed by atoms with Gasteiger partial charge in [0.05, 0.1) is 5.75 Å². The number of thioether (sulfide) groups is 1. The number of benzene rings is 2. The molecular formula is C17H19NO4S. The van der Waals surface area contributed by atoms with Crippen LogP contribution in [0.1, 0.15) is 13.3 Å². The average Bonchev–Trinajstić information content (AvgIpc) is 2.54. The van der Waals surface area contributed by atoms with Crippen LogP contribution in [0.3, 0.4) is 0 Å². The summed E-state index contributed by atoms with van der Waals surface area (Å²) < 4.78 is 5.30. The molecule has 0 aliphatic rings. The number of carboxylic acids is 1. The number of hydrogen-bond donors (Lipinski definition) is 2. The first-order valence-electron chi connectivity index (χ1n) is 7.35. The summed E-state index contributed by atoms with van der Waals surface area (Å²) >= 11 is 1.60. The number of carbonyl (C=O) groups is 2. The van der Waals surface area contributed by atoms with Crippen LogP contribution in [0.2, 0.25) is 0 Å². The van der Waals surface area contributed by atoms with Gasteiger partial charge in [-0.25, -0.2) is 4.79 Å². The minimum Gasteiger partial charge on any atom is -0.481 e. The summed E-state index contributed by atoms with van der Waals surface area (Å²) in [7, 11) is 0. The van der Waals surface area contributed by atoms with E-state index in [1.807, 2.05) is 24.3 Å². The third-order valence-corrected chi connectivity index (χ3v) is 4.25. The standard InChI is InChI=1S/C17H19NO4S/c1-2-9-23-11-16(19)18-14-7-8-15(22-10-17(20)21)13-6-4-3-5-12(13)14/h3-8H,2,9-11H2,1H3,(H,18,19)(H,20,21). The van der Waals surface area contributed by atoms with E-state index in [1.54, 1.807) is 23.9 Å². The van der Waals surface area contributed by atoms with Crippen LogP contribution in [0.15, 0.2) is 36.4 Å². The summed E-state index contributed by atoms with van der Waals surface area (Å²) in [5.41, 5.74) is 0.699. The van der Waals surface area contributed by atoms with Gasteiger partial charge >= 0.3 is 5.97 Å². The molecule has 122 valence electrons. The fourth-order valence-corrected chi connectivity index (χ4v) is 2.83. The molecule has 0 aliphatic carbocycles. The summed E-state index contributed by atoms with van der Waals surface area (Å²) in [5.74, 6) is 0.781. The van der Waals surface area contributed by atoms with Crippen LogP contribution >= 0.6 is 11.8 Å². The van der Waals surface area contributed by atoms with Gasteiger partial charge in [0.15, 0.2) is 6.61 Å². The lowest BCUT2D eigenvalue weighted by atomic mass is 10.1. The molecule has 2 N–H and O–H groups in total. The first-order valence-corrected chi connectivity index (χ1v) is 8.51. The number of carboxylic acid groups (broad SMARTS) is 1. The van der Waals surface area contributed by atoms with Crippen molar-refractivity contribution >= 4 is 40.1 Å². The van der Waals surface area contributed by atoms with Crippen molar-refractivity contribution in [3.8, 4) is 5.75 Å². The van der Waals surface area contributed by atoms with E-state index in [0.29, 0.717) is 17.2 Å². The lowest BCUT2D eigenvalue weighted by molar-refractivity contribution is -0.139. The van der Waals surface area contributed by atoms with Crippen molar-refractivity contribution in [2.24, 2.45) is 0 Å². The molecule has 23 heavy (non-hydrogen) atoms. The van der Waals surface area contributed by atoms with E-state index >= 15 is 0 Å². The van der Waals surface area contributed by atoms with Crippen molar-refractivity contribution in [2.45, 2.75) is 13.3 Å². The second-order valence-corrected chi connectivity index (χ2v) is 6.05. The Labute approximate surface area is 139 Å². The van der Waals surface area contributed by atoms with Crippen molar-refractivity contribution in [1.29, 1.82) is 0 Å². The molecule has 0 saturated heterocycles. The van der Waals surface area contributed by atoms with Crippen LogP contribution in [0.5, 0.6) is 5.75 Å². The van der Waals surface area contributed by atoms with E-state index in [-0.39, 0.29) is 5.91 Å². The quantitative estimate of drug-likeness (QED) is 0.724. The van der Waals surface area contributed by atoms with E-state index in [1.165, 1.54) is 0 Å². The number of fused-ring (bicyclic) bond motifs is 1. The van der Waals surface area contributed by atoms with Crippen LogP contribution in [-0.2, 0) is 9.59 Å². The van der Waals surface area contributed by atoms with E-state index in [0.717, 1.165) is 22.9 Å². The molecule has 0 heterocycles. The Balaban J connectivity index is 2.20. The molecule has 2 aromatic rings. The van der Waals surface area contributed by atoms with Gasteiger partial charge in [0.2, 0.25) is 5.91 Å². The summed E-state index contributed by atoms with van der Waals surface area (Å²) in [6.45, 7) is 1.68. The predicted octanol–water partition coefficient (Wildman–Crippen LogP) is 3.38. The van der Waals surface area contributed by atoms with Crippen molar-refractivity contribution < 1.29 is 19.4 Å². The highest BCUT2D eigenvalue weighted by Crippen LogP contribution is 2.31. The topological polar surface area (TPSA) is 75.6 Å². The zero-order valence-electron chi connectivity index (χ0n) is 12.9. The Morgan fingerprint density at radius 3 is 2.61 bits per heavy atom. The highest BCUT2D eigenvalue weighted by atomic mass is 32.2. The number of aliphatic carboxylic acids is 1. The molecule has 0 unspecified atom stereocenters. The first kappa shape index (κ1) is 17.1. The van der Waals surface area contributed by atoms with E-state index < -0.39 is 12.6 Å². The molecule has 0 aromatic heterocycles. The summed E-state index contributed by atoms with van der Waals surface area (Å²) in [5, 5.41) is 13.2. The number of ether oxygens (including phenoxy) is 1. The highest BCUT2D eigenvalue weighted by molar-refractivity contribution is 7.99. The molecule has 6 heteroatoms. The van der Waals surface area contributed by atoms with Gasteiger partial charge in [-0.1, -0.05) is 31.2 Å². The van der Waals surface area contributed by atoms with Gasteiger partial charge in [-0.2, -0.15) is 11.8 Å². The van der Waals surface area contributed by atoms with Crippen molar-refractivity contribution in [3.05, 3.63) is 36.4 Å². The third-order valence-electron chi connectivity index (χ3n) is 3.09. The molecule has 0 spiro atoms. The van der Waals surface area contributed by atoms with Crippen LogP contribution in [0.25, 0.3) is 10.8 Å². The monoisotopic (exact) mass is 333 g/mol. The van der Waals surface area contributed by atoms with Gasteiger partial charge in [0, 0.05) is 16.5 Å². The zero-order chi connectivity index (χ0) is 16.7. The Hall–Kier alpha value is -2.21. The SMILES string of the molecule is CCCSCC(=O)Nc1ccc(OCC(=O)O)c2ccccc12. The normalized spacial score (nSPS) is 10.5. The lowest BCUT2D eigenvalue weighted by Crippen LogP contribution is -2.15. The molecule has 0 fully saturated rings. The molecule has 2 rings (SSSR count). The van der Waals surface area contributed by atoms with Crippen molar-refractivity contribution in [3.63, 3.8) is 0 Å². The molecule has 5 nitrogen and oxygen atoms in total. The molecule has 0 atom stereocenters. The Bertz CT molecular complexity index is 702. The summed E-state index contributed by atoms with van der Waals surface area (Å²) in [4.78, 5) is 22.7. The van der Waals surface area contributed by atoms with Crippen LogP contribution in [0.4, 0.5) is 5.69 Å². The molecule has 0 radical (unpaired) electrons. The summed E-state index contributed by atoms with van der Waals surface area (Å²) in [6, 6.07) is 10.8. The fraction of sp³-hybridized carbons (Fsp3) is 0.294. The third kappa shape index (κ3) is 4.89. The number of rotatable bonds is 8. The molecule has 0 bridgehead atoms. The fourth-order valence-electron chi connectivity index (χ4n) is 2.14. The van der Waals surface area contributed by atoms with E-state index in [2.05, 4.69) is 12.2 Å². The average molecular weight is 333 g/mol. The van der Waals surface area contributed by atoms with Crippen LogP contribution < -0.4 is 10.1 Å². The number of nitrogens with one attached hydrogen (secondary N) is 1. The predicted molar refractivity (Wildman–Crippen MR) is 93.3 cm³/mol. The van der Waals surface area contributed by atoms with E-state index in [9.17, 15) is 9.59 Å². The van der Waals surface area contributed by atoms with Crippen molar-refractivity contribution in [1.82, 2.24) is 0 Å². The largest absolute Gasteiger partial charge is 0.481 e. The smallest absolute Gasteiger partial charge is 0.341 e. The maximum Gasteiger partial charge on any atom is 0.341 e. The van der Waals surface area contributed by atoms with Gasteiger partial charge in [-0.3, -0.25) is 4.79 Å². The van der Waals surface area contributed by atoms with Gasteiger partial charge in [-0.15, -0.1) is 0 Å². The number of amides is 1. The van der Waals surface area contributed by atoms with Gasteiger partial charge in [0.25, 0.3) is 0 Å². The lowest BCUT2D eigenvalue weighted by Gasteiger charge is -2.12. The molecule has 0 aliphatic heterocycles.